The van der Waals surface area contributed by atoms with E-state index in [0.29, 0.717) is 17.7 Å². The standard InChI is InChI=1S/C25H25N3O2.C5H13N/c1-4-17-12-21(14-28-22-9-7-18(8-10-22)25(26)27)23(13-24(17)30-3)19-5-6-20(15-29)16(2)11-19;1-5(2)4-6-3/h4-13,15,28H,1,14H2,2-3H3,(H3,26,27);5-6H,4H2,1-3H3. The van der Waals surface area contributed by atoms with Crippen molar-refractivity contribution in [1.82, 2.24) is 5.32 Å². The number of methoxy groups -OCH3 is 1. The van der Waals surface area contributed by atoms with Crippen molar-refractivity contribution in [3.63, 3.8) is 0 Å². The molecule has 3 aromatic carbocycles. The van der Waals surface area contributed by atoms with E-state index in [1.165, 1.54) is 0 Å². The number of rotatable bonds is 10. The Morgan fingerprint density at radius 3 is 2.28 bits per heavy atom. The first-order chi connectivity index (χ1) is 17.2. The van der Waals surface area contributed by atoms with Crippen LogP contribution in [0.4, 0.5) is 5.69 Å². The molecule has 36 heavy (non-hydrogen) atoms. The minimum absolute atomic E-state index is 0.0451. The van der Waals surface area contributed by atoms with E-state index in [4.69, 9.17) is 15.9 Å². The van der Waals surface area contributed by atoms with Gasteiger partial charge in [-0.25, -0.2) is 0 Å². The highest BCUT2D eigenvalue weighted by Gasteiger charge is 2.12. The van der Waals surface area contributed by atoms with Gasteiger partial charge in [0, 0.05) is 28.9 Å². The van der Waals surface area contributed by atoms with Gasteiger partial charge in [0.05, 0.1) is 7.11 Å². The number of ether oxygens (including phenoxy) is 1. The second-order valence-electron chi connectivity index (χ2n) is 8.94. The molecular weight excluding hydrogens is 448 g/mol. The molecule has 3 aromatic rings. The number of aryl methyl sites for hydroxylation is 1. The number of hydrogen-bond donors (Lipinski definition) is 4. The van der Waals surface area contributed by atoms with Gasteiger partial charge in [-0.3, -0.25) is 10.2 Å². The van der Waals surface area contributed by atoms with E-state index in [1.54, 1.807) is 13.2 Å². The van der Waals surface area contributed by atoms with Crippen LogP contribution in [0.5, 0.6) is 5.75 Å². The summed E-state index contributed by atoms with van der Waals surface area (Å²) in [6, 6.07) is 17.3. The number of nitrogens with two attached hydrogens (primary N) is 1. The predicted octanol–water partition coefficient (Wildman–Crippen LogP) is 5.88. The fraction of sp³-hybridized carbons (Fsp3) is 0.267. The van der Waals surface area contributed by atoms with Gasteiger partial charge in [0.1, 0.15) is 17.9 Å². The van der Waals surface area contributed by atoms with Crippen LogP contribution in [0.1, 0.15) is 46.5 Å². The molecule has 0 saturated heterocycles. The van der Waals surface area contributed by atoms with Gasteiger partial charge in [0.15, 0.2) is 0 Å². The summed E-state index contributed by atoms with van der Waals surface area (Å²) in [5, 5.41) is 14.0. The van der Waals surface area contributed by atoms with E-state index in [-0.39, 0.29) is 5.84 Å². The van der Waals surface area contributed by atoms with Crippen LogP contribution in [0.15, 0.2) is 61.2 Å². The highest BCUT2D eigenvalue weighted by molar-refractivity contribution is 5.95. The number of benzene rings is 3. The molecule has 190 valence electrons. The van der Waals surface area contributed by atoms with E-state index in [0.717, 1.165) is 58.0 Å². The molecule has 0 atom stereocenters. The first-order valence-corrected chi connectivity index (χ1v) is 12.0. The molecule has 0 aliphatic heterocycles. The van der Waals surface area contributed by atoms with Crippen molar-refractivity contribution in [2.45, 2.75) is 27.3 Å². The third kappa shape index (κ3) is 7.82. The normalized spacial score (nSPS) is 10.3. The fourth-order valence-corrected chi connectivity index (χ4v) is 3.74. The molecule has 0 aromatic heterocycles. The van der Waals surface area contributed by atoms with E-state index in [9.17, 15) is 4.79 Å². The van der Waals surface area contributed by atoms with Gasteiger partial charge < -0.3 is 21.1 Å². The number of carbonyl (C=O) groups is 1. The average Bonchev–Trinajstić information content (AvgIpc) is 2.87. The minimum Gasteiger partial charge on any atom is -0.496 e. The van der Waals surface area contributed by atoms with Gasteiger partial charge in [-0.1, -0.05) is 44.7 Å². The quantitative estimate of drug-likeness (QED) is 0.163. The molecular formula is C30H38N4O2. The van der Waals surface area contributed by atoms with Crippen molar-refractivity contribution in [3.8, 4) is 16.9 Å². The summed E-state index contributed by atoms with van der Waals surface area (Å²) in [7, 11) is 3.61. The molecule has 0 saturated carbocycles. The van der Waals surface area contributed by atoms with Gasteiger partial charge >= 0.3 is 0 Å². The van der Waals surface area contributed by atoms with Crippen molar-refractivity contribution in [3.05, 3.63) is 89.0 Å². The number of carbonyl (C=O) groups excluding carboxylic acids is 1. The Balaban J connectivity index is 0.000000678. The first kappa shape index (κ1) is 28.3. The zero-order chi connectivity index (χ0) is 26.7. The summed E-state index contributed by atoms with van der Waals surface area (Å²) in [4.78, 5) is 11.2. The van der Waals surface area contributed by atoms with Crippen LogP contribution < -0.4 is 21.1 Å². The monoisotopic (exact) mass is 486 g/mol. The van der Waals surface area contributed by atoms with Gasteiger partial charge in [0.2, 0.25) is 0 Å². The van der Waals surface area contributed by atoms with Crippen LogP contribution in [0.3, 0.4) is 0 Å². The second kappa shape index (κ2) is 13.9. The second-order valence-corrected chi connectivity index (χ2v) is 8.94. The zero-order valence-corrected chi connectivity index (χ0v) is 21.9. The summed E-state index contributed by atoms with van der Waals surface area (Å²) in [6.45, 7) is 11.9. The molecule has 5 N–H and O–H groups in total. The summed E-state index contributed by atoms with van der Waals surface area (Å²) < 4.78 is 5.55. The maximum Gasteiger partial charge on any atom is 0.150 e. The fourth-order valence-electron chi connectivity index (χ4n) is 3.74. The van der Waals surface area contributed by atoms with E-state index >= 15 is 0 Å². The number of nitrogens with one attached hydrogen (secondary N) is 3. The topological polar surface area (TPSA) is 100 Å². The Morgan fingerprint density at radius 1 is 1.11 bits per heavy atom. The Hall–Kier alpha value is -3.90. The lowest BCUT2D eigenvalue weighted by molar-refractivity contribution is 0.112. The molecule has 0 bridgehead atoms. The van der Waals surface area contributed by atoms with Crippen LogP contribution in [0.2, 0.25) is 0 Å². The number of aldehydes is 1. The van der Waals surface area contributed by atoms with E-state index in [2.05, 4.69) is 37.1 Å². The molecule has 0 fully saturated rings. The van der Waals surface area contributed by atoms with Crippen LogP contribution in [0, 0.1) is 18.3 Å². The molecule has 0 aliphatic rings. The Kier molecular flexibility index (Phi) is 10.9. The lowest BCUT2D eigenvalue weighted by Gasteiger charge is -2.17. The van der Waals surface area contributed by atoms with Crippen molar-refractivity contribution in [1.29, 1.82) is 5.41 Å². The summed E-state index contributed by atoms with van der Waals surface area (Å²) in [6.07, 6.45) is 2.64. The van der Waals surface area contributed by atoms with Crippen molar-refractivity contribution < 1.29 is 9.53 Å². The van der Waals surface area contributed by atoms with Crippen molar-refractivity contribution in [2.24, 2.45) is 11.7 Å². The van der Waals surface area contributed by atoms with Gasteiger partial charge in [0.25, 0.3) is 0 Å². The van der Waals surface area contributed by atoms with Crippen LogP contribution >= 0.6 is 0 Å². The third-order valence-electron chi connectivity index (χ3n) is 5.67. The lowest BCUT2D eigenvalue weighted by atomic mass is 9.94. The molecule has 0 spiro atoms. The molecule has 0 unspecified atom stereocenters. The maximum atomic E-state index is 11.2. The van der Waals surface area contributed by atoms with Crippen LogP contribution in [-0.2, 0) is 6.54 Å². The number of hydrogen-bond acceptors (Lipinski definition) is 5. The Labute approximate surface area is 215 Å². The summed E-state index contributed by atoms with van der Waals surface area (Å²) in [5.74, 6) is 1.57. The largest absolute Gasteiger partial charge is 0.496 e. The number of amidine groups is 1. The number of anilines is 1. The SMILES string of the molecule is C=Cc1cc(CNc2ccc(C(=N)N)cc2)c(-c2ccc(C=O)c(C)c2)cc1OC.CNCC(C)C. The van der Waals surface area contributed by atoms with E-state index in [1.807, 2.05) is 62.5 Å². The highest BCUT2D eigenvalue weighted by atomic mass is 16.5. The highest BCUT2D eigenvalue weighted by Crippen LogP contribution is 2.33. The maximum absolute atomic E-state index is 11.2. The van der Waals surface area contributed by atoms with Crippen molar-refractivity contribution in [2.75, 3.05) is 26.0 Å². The van der Waals surface area contributed by atoms with Gasteiger partial charge in [-0.2, -0.15) is 0 Å². The molecule has 6 nitrogen and oxygen atoms in total. The molecule has 0 amide bonds. The molecule has 0 aliphatic carbocycles. The third-order valence-corrected chi connectivity index (χ3v) is 5.67. The molecule has 0 radical (unpaired) electrons. The van der Waals surface area contributed by atoms with Crippen LogP contribution in [-0.4, -0.2) is 32.8 Å². The molecule has 6 heteroatoms. The Bertz CT molecular complexity index is 1180. The lowest BCUT2D eigenvalue weighted by Crippen LogP contribution is -2.12. The molecule has 0 heterocycles. The minimum atomic E-state index is 0.0451. The summed E-state index contributed by atoms with van der Waals surface area (Å²) in [5.41, 5.74) is 12.7. The van der Waals surface area contributed by atoms with Crippen LogP contribution in [0.25, 0.3) is 17.2 Å². The summed E-state index contributed by atoms with van der Waals surface area (Å²) >= 11 is 0. The number of nitrogen functional groups attached to an aromatic ring is 1. The van der Waals surface area contributed by atoms with Crippen molar-refractivity contribution >= 4 is 23.9 Å². The van der Waals surface area contributed by atoms with Gasteiger partial charge in [-0.15, -0.1) is 0 Å². The first-order valence-electron chi connectivity index (χ1n) is 12.0. The Morgan fingerprint density at radius 2 is 1.81 bits per heavy atom. The van der Waals surface area contributed by atoms with E-state index < -0.39 is 0 Å². The molecule has 3 rings (SSSR count). The predicted molar refractivity (Wildman–Crippen MR) is 152 cm³/mol. The van der Waals surface area contributed by atoms with Gasteiger partial charge in [-0.05, 0) is 85.1 Å². The average molecular weight is 487 g/mol. The zero-order valence-electron chi connectivity index (χ0n) is 21.9. The smallest absolute Gasteiger partial charge is 0.150 e.